The summed E-state index contributed by atoms with van der Waals surface area (Å²) in [5.74, 6) is 0.581. The molecule has 6 heteroatoms. The van der Waals surface area contributed by atoms with Crippen molar-refractivity contribution in [2.24, 2.45) is 11.7 Å². The molecule has 1 heterocycles. The lowest BCUT2D eigenvalue weighted by Crippen LogP contribution is -2.38. The molecule has 1 aromatic carbocycles. The van der Waals surface area contributed by atoms with Crippen molar-refractivity contribution in [3.63, 3.8) is 0 Å². The highest BCUT2D eigenvalue weighted by atomic mass is 35.5. The van der Waals surface area contributed by atoms with Crippen LogP contribution in [0.25, 0.3) is 0 Å². The fraction of sp³-hybridized carbons (Fsp3) is 0.538. The Kier molecular flexibility index (Phi) is 6.26. The van der Waals surface area contributed by atoms with Gasteiger partial charge in [-0.05, 0) is 43.9 Å². The van der Waals surface area contributed by atoms with Crippen LogP contribution in [0.5, 0.6) is 0 Å². The van der Waals surface area contributed by atoms with Crippen LogP contribution in [0.1, 0.15) is 19.3 Å². The average molecular weight is 305 g/mol. The molecule has 0 amide bonds. The van der Waals surface area contributed by atoms with E-state index in [2.05, 4.69) is 0 Å². The highest BCUT2D eigenvalue weighted by molar-refractivity contribution is 7.89. The summed E-state index contributed by atoms with van der Waals surface area (Å²) in [5, 5.41) is 0. The van der Waals surface area contributed by atoms with Gasteiger partial charge in [-0.15, -0.1) is 12.4 Å². The van der Waals surface area contributed by atoms with Crippen molar-refractivity contribution in [1.82, 2.24) is 4.31 Å². The van der Waals surface area contributed by atoms with E-state index in [1.54, 1.807) is 28.6 Å². The van der Waals surface area contributed by atoms with Crippen LogP contribution >= 0.6 is 12.4 Å². The van der Waals surface area contributed by atoms with E-state index in [4.69, 9.17) is 5.73 Å². The molecule has 0 aliphatic carbocycles. The number of nitrogens with zero attached hydrogens (tertiary/aromatic N) is 1. The summed E-state index contributed by atoms with van der Waals surface area (Å²) in [6, 6.07) is 8.65. The Morgan fingerprint density at radius 3 is 2.26 bits per heavy atom. The standard InChI is InChI=1S/C13H20N2O2S.ClH/c14-9-6-12-7-10-15(11-8-12)18(16,17)13-4-2-1-3-5-13;/h1-5,12H,6-11,14H2;1H. The third-order valence-corrected chi connectivity index (χ3v) is 5.44. The summed E-state index contributed by atoms with van der Waals surface area (Å²) >= 11 is 0. The summed E-state index contributed by atoms with van der Waals surface area (Å²) in [4.78, 5) is 0.391. The van der Waals surface area contributed by atoms with Crippen LogP contribution in [0.3, 0.4) is 0 Å². The molecule has 0 unspecified atom stereocenters. The molecule has 0 atom stereocenters. The molecular formula is C13H21ClN2O2S. The van der Waals surface area contributed by atoms with Crippen molar-refractivity contribution in [2.75, 3.05) is 19.6 Å². The number of hydrogen-bond acceptors (Lipinski definition) is 3. The van der Waals surface area contributed by atoms with Crippen LogP contribution in [0.2, 0.25) is 0 Å². The first kappa shape index (κ1) is 16.4. The molecule has 108 valence electrons. The van der Waals surface area contributed by atoms with Gasteiger partial charge >= 0.3 is 0 Å². The van der Waals surface area contributed by atoms with Gasteiger partial charge < -0.3 is 5.73 Å². The van der Waals surface area contributed by atoms with Gasteiger partial charge in [-0.3, -0.25) is 0 Å². The Labute approximate surface area is 121 Å². The summed E-state index contributed by atoms with van der Waals surface area (Å²) in [6.07, 6.45) is 2.84. The Morgan fingerprint density at radius 1 is 1.16 bits per heavy atom. The average Bonchev–Trinajstić information content (AvgIpc) is 2.41. The molecule has 0 saturated carbocycles. The summed E-state index contributed by atoms with van der Waals surface area (Å²) in [5.41, 5.74) is 5.54. The molecule has 1 aliphatic rings. The van der Waals surface area contributed by atoms with Crippen molar-refractivity contribution in [1.29, 1.82) is 0 Å². The minimum absolute atomic E-state index is 0. The van der Waals surface area contributed by atoms with Crippen LogP contribution in [0.15, 0.2) is 35.2 Å². The van der Waals surface area contributed by atoms with Gasteiger partial charge in [-0.25, -0.2) is 8.42 Å². The van der Waals surface area contributed by atoms with E-state index < -0.39 is 10.0 Å². The number of piperidine rings is 1. The van der Waals surface area contributed by atoms with E-state index in [1.807, 2.05) is 6.07 Å². The van der Waals surface area contributed by atoms with Crippen LogP contribution in [0, 0.1) is 5.92 Å². The Morgan fingerprint density at radius 2 is 1.74 bits per heavy atom. The van der Waals surface area contributed by atoms with Gasteiger partial charge in [-0.2, -0.15) is 4.31 Å². The Bertz CT molecular complexity index is 471. The van der Waals surface area contributed by atoms with E-state index in [0.717, 1.165) is 19.3 Å². The second-order valence-corrected chi connectivity index (χ2v) is 6.68. The van der Waals surface area contributed by atoms with Gasteiger partial charge in [0, 0.05) is 13.1 Å². The number of rotatable bonds is 4. The largest absolute Gasteiger partial charge is 0.330 e. The fourth-order valence-electron chi connectivity index (χ4n) is 2.42. The monoisotopic (exact) mass is 304 g/mol. The second kappa shape index (κ2) is 7.24. The normalized spacial score (nSPS) is 17.9. The highest BCUT2D eigenvalue weighted by Crippen LogP contribution is 2.24. The zero-order valence-corrected chi connectivity index (χ0v) is 12.5. The molecule has 2 rings (SSSR count). The first-order valence-corrected chi connectivity index (χ1v) is 7.84. The maximum atomic E-state index is 12.4. The summed E-state index contributed by atoms with van der Waals surface area (Å²) in [7, 11) is -3.30. The third kappa shape index (κ3) is 3.92. The van der Waals surface area contributed by atoms with Gasteiger partial charge in [0.25, 0.3) is 0 Å². The van der Waals surface area contributed by atoms with Crippen LogP contribution < -0.4 is 5.73 Å². The first-order chi connectivity index (χ1) is 8.64. The number of hydrogen-bond donors (Lipinski definition) is 1. The lowest BCUT2D eigenvalue weighted by Gasteiger charge is -2.31. The van der Waals surface area contributed by atoms with E-state index in [-0.39, 0.29) is 12.4 Å². The highest BCUT2D eigenvalue weighted by Gasteiger charge is 2.28. The summed E-state index contributed by atoms with van der Waals surface area (Å²) in [6.45, 7) is 1.92. The van der Waals surface area contributed by atoms with E-state index in [9.17, 15) is 8.42 Å². The van der Waals surface area contributed by atoms with Crippen molar-refractivity contribution < 1.29 is 8.42 Å². The zero-order valence-electron chi connectivity index (χ0n) is 10.9. The molecule has 1 fully saturated rings. The molecular weight excluding hydrogens is 284 g/mol. The van der Waals surface area contributed by atoms with E-state index in [1.165, 1.54) is 0 Å². The topological polar surface area (TPSA) is 63.4 Å². The lowest BCUT2D eigenvalue weighted by molar-refractivity contribution is 0.266. The van der Waals surface area contributed by atoms with Crippen molar-refractivity contribution in [3.8, 4) is 0 Å². The fourth-order valence-corrected chi connectivity index (χ4v) is 3.91. The minimum Gasteiger partial charge on any atom is -0.330 e. The van der Waals surface area contributed by atoms with Crippen molar-refractivity contribution in [2.45, 2.75) is 24.2 Å². The second-order valence-electron chi connectivity index (χ2n) is 4.74. The molecule has 1 aromatic rings. The number of benzene rings is 1. The predicted octanol–water partition coefficient (Wildman–Crippen LogP) is 1.86. The minimum atomic E-state index is -3.30. The van der Waals surface area contributed by atoms with Gasteiger partial charge in [0.05, 0.1) is 4.90 Å². The number of halogens is 1. The van der Waals surface area contributed by atoms with Gasteiger partial charge in [0.15, 0.2) is 0 Å². The maximum Gasteiger partial charge on any atom is 0.243 e. The zero-order chi connectivity index (χ0) is 13.0. The third-order valence-electron chi connectivity index (χ3n) is 3.53. The SMILES string of the molecule is Cl.NCCC1CCN(S(=O)(=O)c2ccccc2)CC1. The van der Waals surface area contributed by atoms with Gasteiger partial charge in [-0.1, -0.05) is 18.2 Å². The van der Waals surface area contributed by atoms with Crippen LogP contribution in [-0.2, 0) is 10.0 Å². The molecule has 1 saturated heterocycles. The molecule has 19 heavy (non-hydrogen) atoms. The Hall–Kier alpha value is -0.620. The molecule has 0 radical (unpaired) electrons. The smallest absolute Gasteiger partial charge is 0.243 e. The van der Waals surface area contributed by atoms with Crippen molar-refractivity contribution in [3.05, 3.63) is 30.3 Å². The molecule has 2 N–H and O–H groups in total. The molecule has 0 aromatic heterocycles. The molecule has 0 bridgehead atoms. The molecule has 4 nitrogen and oxygen atoms in total. The quantitative estimate of drug-likeness (QED) is 0.923. The lowest BCUT2D eigenvalue weighted by atomic mass is 9.95. The van der Waals surface area contributed by atoms with Gasteiger partial charge in [0.2, 0.25) is 10.0 Å². The van der Waals surface area contributed by atoms with Crippen molar-refractivity contribution >= 4 is 22.4 Å². The van der Waals surface area contributed by atoms with E-state index in [0.29, 0.717) is 30.4 Å². The Balaban J connectivity index is 0.00000180. The maximum absolute atomic E-state index is 12.4. The van der Waals surface area contributed by atoms with Crippen LogP contribution in [0.4, 0.5) is 0 Å². The van der Waals surface area contributed by atoms with Crippen LogP contribution in [-0.4, -0.2) is 32.4 Å². The van der Waals surface area contributed by atoms with Gasteiger partial charge in [0.1, 0.15) is 0 Å². The summed E-state index contributed by atoms with van der Waals surface area (Å²) < 4.78 is 26.3. The van der Waals surface area contributed by atoms with E-state index >= 15 is 0 Å². The number of nitrogens with two attached hydrogens (primary N) is 1. The predicted molar refractivity (Wildman–Crippen MR) is 78.8 cm³/mol. The first-order valence-electron chi connectivity index (χ1n) is 6.40. The molecule has 1 aliphatic heterocycles. The number of sulfonamides is 1. The molecule has 0 spiro atoms.